The molecule has 2 N–H and O–H groups in total. The van der Waals surface area contributed by atoms with Crippen LogP contribution in [0.2, 0.25) is 0 Å². The zero-order valence-electron chi connectivity index (χ0n) is 12.1. The van der Waals surface area contributed by atoms with Gasteiger partial charge in [-0.2, -0.15) is 4.98 Å². The molecule has 4 nitrogen and oxygen atoms in total. The molecule has 21 heavy (non-hydrogen) atoms. The zero-order chi connectivity index (χ0) is 14.7. The lowest BCUT2D eigenvalue weighted by Gasteiger charge is -2.16. The molecule has 2 heterocycles. The number of hydrogen-bond acceptors (Lipinski definition) is 5. The first-order chi connectivity index (χ1) is 10.3. The van der Waals surface area contributed by atoms with Gasteiger partial charge in [0.05, 0.1) is 5.52 Å². The van der Waals surface area contributed by atoms with Crippen molar-refractivity contribution in [1.29, 1.82) is 0 Å². The summed E-state index contributed by atoms with van der Waals surface area (Å²) in [7, 11) is 1.84. The first-order valence-corrected chi connectivity index (χ1v) is 7.87. The Morgan fingerprint density at radius 3 is 2.76 bits per heavy atom. The Kier molecular flexibility index (Phi) is 4.01. The van der Waals surface area contributed by atoms with Crippen LogP contribution in [0, 0.1) is 0 Å². The fraction of sp³-hybridized carbons (Fsp3) is 0.250. The van der Waals surface area contributed by atoms with Gasteiger partial charge >= 0.3 is 0 Å². The SMILES string of the molecule is CNc1nc(NC(C)Cc2cccs2)c2ccccc2n1. The molecule has 2 aromatic heterocycles. The molecule has 0 bridgehead atoms. The summed E-state index contributed by atoms with van der Waals surface area (Å²) in [6, 6.07) is 12.6. The van der Waals surface area contributed by atoms with Gasteiger partial charge in [0.1, 0.15) is 5.82 Å². The standard InChI is InChI=1S/C16H18N4S/c1-11(10-12-6-5-9-21-12)18-15-13-7-3-4-8-14(13)19-16(17-2)20-15/h3-9,11H,10H2,1-2H3,(H2,17,18,19,20). The largest absolute Gasteiger partial charge is 0.367 e. The molecule has 0 radical (unpaired) electrons. The van der Waals surface area contributed by atoms with E-state index in [0.717, 1.165) is 23.1 Å². The smallest absolute Gasteiger partial charge is 0.224 e. The molecule has 0 saturated carbocycles. The monoisotopic (exact) mass is 298 g/mol. The number of nitrogens with zero attached hydrogens (tertiary/aromatic N) is 2. The van der Waals surface area contributed by atoms with Gasteiger partial charge < -0.3 is 10.6 Å². The third-order valence-electron chi connectivity index (χ3n) is 3.30. The Morgan fingerprint density at radius 1 is 1.14 bits per heavy atom. The van der Waals surface area contributed by atoms with Gasteiger partial charge in [0, 0.05) is 29.8 Å². The minimum absolute atomic E-state index is 0.312. The van der Waals surface area contributed by atoms with Crippen LogP contribution in [0.1, 0.15) is 11.8 Å². The molecule has 1 atom stereocenters. The molecule has 0 aliphatic rings. The van der Waals surface area contributed by atoms with Crippen LogP contribution in [0.4, 0.5) is 11.8 Å². The number of aromatic nitrogens is 2. The molecule has 0 fully saturated rings. The molecule has 0 saturated heterocycles. The summed E-state index contributed by atoms with van der Waals surface area (Å²) in [5, 5.41) is 9.69. The van der Waals surface area contributed by atoms with Crippen molar-refractivity contribution in [1.82, 2.24) is 9.97 Å². The predicted octanol–water partition coefficient (Wildman–Crippen LogP) is 3.78. The van der Waals surface area contributed by atoms with E-state index in [1.165, 1.54) is 4.88 Å². The van der Waals surface area contributed by atoms with Crippen molar-refractivity contribution in [2.45, 2.75) is 19.4 Å². The van der Waals surface area contributed by atoms with Crippen molar-refractivity contribution >= 4 is 34.0 Å². The summed E-state index contributed by atoms with van der Waals surface area (Å²) in [6.45, 7) is 2.18. The first-order valence-electron chi connectivity index (χ1n) is 6.99. The average Bonchev–Trinajstić information content (AvgIpc) is 2.99. The predicted molar refractivity (Wildman–Crippen MR) is 90.2 cm³/mol. The number of fused-ring (bicyclic) bond motifs is 1. The van der Waals surface area contributed by atoms with Crippen molar-refractivity contribution in [3.63, 3.8) is 0 Å². The second-order valence-electron chi connectivity index (χ2n) is 4.99. The van der Waals surface area contributed by atoms with E-state index in [9.17, 15) is 0 Å². The molecule has 0 aliphatic heterocycles. The number of thiophene rings is 1. The summed E-state index contributed by atoms with van der Waals surface area (Å²) >= 11 is 1.79. The second-order valence-corrected chi connectivity index (χ2v) is 6.02. The number of nitrogens with one attached hydrogen (secondary N) is 2. The van der Waals surface area contributed by atoms with Gasteiger partial charge in [-0.3, -0.25) is 0 Å². The van der Waals surface area contributed by atoms with Gasteiger partial charge in [0.15, 0.2) is 0 Å². The number of anilines is 2. The minimum atomic E-state index is 0.312. The van der Waals surface area contributed by atoms with Crippen molar-refractivity contribution in [3.05, 3.63) is 46.7 Å². The lowest BCUT2D eigenvalue weighted by atomic mass is 10.2. The van der Waals surface area contributed by atoms with E-state index < -0.39 is 0 Å². The Balaban J connectivity index is 1.88. The molecular formula is C16H18N4S. The molecule has 5 heteroatoms. The molecule has 0 spiro atoms. The number of hydrogen-bond donors (Lipinski definition) is 2. The molecular weight excluding hydrogens is 280 g/mol. The van der Waals surface area contributed by atoms with Gasteiger partial charge in [-0.25, -0.2) is 4.98 Å². The number of para-hydroxylation sites is 1. The quantitative estimate of drug-likeness (QED) is 0.752. The molecule has 1 unspecified atom stereocenters. The normalized spacial score (nSPS) is 12.3. The zero-order valence-corrected chi connectivity index (χ0v) is 12.9. The molecule has 0 aliphatic carbocycles. The molecule has 1 aromatic carbocycles. The lowest BCUT2D eigenvalue weighted by Crippen LogP contribution is -2.19. The highest BCUT2D eigenvalue weighted by Crippen LogP contribution is 2.23. The van der Waals surface area contributed by atoms with E-state index in [-0.39, 0.29) is 0 Å². The van der Waals surface area contributed by atoms with E-state index in [1.807, 2.05) is 25.2 Å². The highest BCUT2D eigenvalue weighted by Gasteiger charge is 2.10. The maximum absolute atomic E-state index is 4.56. The van der Waals surface area contributed by atoms with Gasteiger partial charge in [0.2, 0.25) is 5.95 Å². The van der Waals surface area contributed by atoms with E-state index >= 15 is 0 Å². The topological polar surface area (TPSA) is 49.8 Å². The molecule has 3 aromatic rings. The van der Waals surface area contributed by atoms with E-state index in [2.05, 4.69) is 51.1 Å². The van der Waals surface area contributed by atoms with Crippen molar-refractivity contribution < 1.29 is 0 Å². The van der Waals surface area contributed by atoms with E-state index in [0.29, 0.717) is 12.0 Å². The molecule has 3 rings (SSSR count). The van der Waals surface area contributed by atoms with Gasteiger partial charge in [0.25, 0.3) is 0 Å². The Morgan fingerprint density at radius 2 is 2.00 bits per heavy atom. The summed E-state index contributed by atoms with van der Waals surface area (Å²) in [4.78, 5) is 10.4. The van der Waals surface area contributed by atoms with Crippen molar-refractivity contribution in [2.75, 3.05) is 17.7 Å². The summed E-state index contributed by atoms with van der Waals surface area (Å²) < 4.78 is 0. The third kappa shape index (κ3) is 3.13. The minimum Gasteiger partial charge on any atom is -0.367 e. The fourth-order valence-corrected chi connectivity index (χ4v) is 3.15. The highest BCUT2D eigenvalue weighted by molar-refractivity contribution is 7.09. The maximum Gasteiger partial charge on any atom is 0.224 e. The third-order valence-corrected chi connectivity index (χ3v) is 4.20. The van der Waals surface area contributed by atoms with Gasteiger partial charge in [-0.1, -0.05) is 18.2 Å². The van der Waals surface area contributed by atoms with E-state index in [1.54, 1.807) is 11.3 Å². The van der Waals surface area contributed by atoms with Gasteiger partial charge in [-0.15, -0.1) is 11.3 Å². The van der Waals surface area contributed by atoms with Crippen LogP contribution in [-0.4, -0.2) is 23.1 Å². The molecule has 108 valence electrons. The average molecular weight is 298 g/mol. The van der Waals surface area contributed by atoms with E-state index in [4.69, 9.17) is 0 Å². The highest BCUT2D eigenvalue weighted by atomic mass is 32.1. The van der Waals surface area contributed by atoms with Crippen LogP contribution in [0.5, 0.6) is 0 Å². The van der Waals surface area contributed by atoms with Crippen LogP contribution in [0.25, 0.3) is 10.9 Å². The lowest BCUT2D eigenvalue weighted by molar-refractivity contribution is 0.796. The number of benzene rings is 1. The second kappa shape index (κ2) is 6.10. The van der Waals surface area contributed by atoms with Crippen LogP contribution in [0.3, 0.4) is 0 Å². The molecule has 0 amide bonds. The fourth-order valence-electron chi connectivity index (χ4n) is 2.31. The van der Waals surface area contributed by atoms with Crippen LogP contribution in [0.15, 0.2) is 41.8 Å². The number of rotatable bonds is 5. The van der Waals surface area contributed by atoms with Crippen molar-refractivity contribution in [2.24, 2.45) is 0 Å². The summed E-state index contributed by atoms with van der Waals surface area (Å²) in [6.07, 6.45) is 0.991. The summed E-state index contributed by atoms with van der Waals surface area (Å²) in [5.41, 5.74) is 0.947. The van der Waals surface area contributed by atoms with Gasteiger partial charge in [-0.05, 0) is 30.5 Å². The Hall–Kier alpha value is -2.14. The van der Waals surface area contributed by atoms with Crippen molar-refractivity contribution in [3.8, 4) is 0 Å². The Bertz CT molecular complexity index is 724. The summed E-state index contributed by atoms with van der Waals surface area (Å²) in [5.74, 6) is 1.52. The Labute approximate surface area is 128 Å². The van der Waals surface area contributed by atoms with Crippen LogP contribution in [-0.2, 0) is 6.42 Å². The first kappa shape index (κ1) is 13.8. The van der Waals surface area contributed by atoms with Crippen LogP contribution < -0.4 is 10.6 Å². The maximum atomic E-state index is 4.56. The van der Waals surface area contributed by atoms with Crippen LogP contribution >= 0.6 is 11.3 Å².